The van der Waals surface area contributed by atoms with Gasteiger partial charge in [0.2, 0.25) is 5.78 Å². The number of anilines is 3. The topological polar surface area (TPSA) is 68.0 Å². The summed E-state index contributed by atoms with van der Waals surface area (Å²) in [6.07, 6.45) is 0. The Hall–Kier alpha value is -2.80. The van der Waals surface area contributed by atoms with Crippen molar-refractivity contribution in [2.75, 3.05) is 11.1 Å². The lowest BCUT2D eigenvalue weighted by Crippen LogP contribution is -2.02. The smallest absolute Gasteiger partial charge is 0.206 e. The fraction of sp³-hybridized carbons (Fsp3) is 0. The fourth-order valence-corrected chi connectivity index (χ4v) is 2.83. The molecule has 0 saturated carbocycles. The summed E-state index contributed by atoms with van der Waals surface area (Å²) in [5, 5.41) is 3.13. The molecule has 4 nitrogen and oxygen atoms in total. The molecule has 3 rings (SSSR count). The Morgan fingerprint density at radius 3 is 2.52 bits per heavy atom. The molecular weight excluding hydrogens is 320 g/mol. The van der Waals surface area contributed by atoms with Crippen LogP contribution in [0.2, 0.25) is 0 Å². The number of benzene rings is 2. The van der Waals surface area contributed by atoms with Crippen LogP contribution in [0.25, 0.3) is 0 Å². The van der Waals surface area contributed by atoms with Crippen molar-refractivity contribution in [2.24, 2.45) is 0 Å². The van der Waals surface area contributed by atoms with Crippen molar-refractivity contribution < 1.29 is 13.6 Å². The number of thiazole rings is 1. The van der Waals surface area contributed by atoms with E-state index < -0.39 is 11.6 Å². The largest absolute Gasteiger partial charge is 0.382 e. The van der Waals surface area contributed by atoms with Crippen molar-refractivity contribution >= 4 is 33.8 Å². The second-order valence-corrected chi connectivity index (χ2v) is 5.68. The number of aromatic nitrogens is 1. The Labute approximate surface area is 134 Å². The minimum Gasteiger partial charge on any atom is -0.382 e. The van der Waals surface area contributed by atoms with E-state index in [1.165, 1.54) is 6.07 Å². The van der Waals surface area contributed by atoms with E-state index in [4.69, 9.17) is 5.73 Å². The monoisotopic (exact) mass is 331 g/mol. The van der Waals surface area contributed by atoms with Crippen molar-refractivity contribution in [2.45, 2.75) is 0 Å². The number of hydrogen-bond acceptors (Lipinski definition) is 5. The van der Waals surface area contributed by atoms with Crippen molar-refractivity contribution in [3.63, 3.8) is 0 Å². The van der Waals surface area contributed by atoms with Gasteiger partial charge < -0.3 is 11.1 Å². The van der Waals surface area contributed by atoms with Gasteiger partial charge in [0.1, 0.15) is 10.7 Å². The second-order valence-electron chi connectivity index (χ2n) is 4.68. The molecule has 0 bridgehead atoms. The second kappa shape index (κ2) is 6.13. The number of halogens is 2. The number of carbonyl (C=O) groups is 1. The molecule has 0 aliphatic carbocycles. The summed E-state index contributed by atoms with van der Waals surface area (Å²) in [4.78, 5) is 16.7. The summed E-state index contributed by atoms with van der Waals surface area (Å²) in [5.74, 6) is -2.05. The summed E-state index contributed by atoms with van der Waals surface area (Å²) in [7, 11) is 0. The molecule has 0 aliphatic rings. The highest BCUT2D eigenvalue weighted by Crippen LogP contribution is 2.30. The maximum atomic E-state index is 13.2. The van der Waals surface area contributed by atoms with Crippen molar-refractivity contribution in [1.29, 1.82) is 0 Å². The average Bonchev–Trinajstić information content (AvgIpc) is 2.91. The van der Waals surface area contributed by atoms with Crippen molar-refractivity contribution in [3.05, 3.63) is 70.6 Å². The van der Waals surface area contributed by atoms with Crippen LogP contribution in [0.4, 0.5) is 25.4 Å². The number of nitrogens with two attached hydrogens (primary N) is 1. The molecular formula is C16H11F2N3OS. The van der Waals surface area contributed by atoms with Crippen LogP contribution in [0, 0.1) is 11.6 Å². The van der Waals surface area contributed by atoms with Crippen LogP contribution in [0.15, 0.2) is 48.5 Å². The van der Waals surface area contributed by atoms with Gasteiger partial charge in [-0.2, -0.15) is 0 Å². The number of ketones is 1. The van der Waals surface area contributed by atoms with Gasteiger partial charge in [-0.1, -0.05) is 41.7 Å². The summed E-state index contributed by atoms with van der Waals surface area (Å²) in [5.41, 5.74) is 6.61. The Bertz CT molecular complexity index is 865. The van der Waals surface area contributed by atoms with E-state index in [-0.39, 0.29) is 11.6 Å². The number of nitrogen functional groups attached to an aromatic ring is 1. The lowest BCUT2D eigenvalue weighted by atomic mass is 10.1. The number of nitrogens with one attached hydrogen (secondary N) is 1. The van der Waals surface area contributed by atoms with Crippen molar-refractivity contribution in [1.82, 2.24) is 4.98 Å². The molecule has 0 aliphatic heterocycles. The zero-order valence-electron chi connectivity index (χ0n) is 11.7. The number of carbonyl (C=O) groups excluding carboxylic acids is 1. The molecule has 116 valence electrons. The van der Waals surface area contributed by atoms with E-state index in [0.29, 0.717) is 21.3 Å². The molecule has 0 fully saturated rings. The van der Waals surface area contributed by atoms with Crippen LogP contribution in [0.3, 0.4) is 0 Å². The van der Waals surface area contributed by atoms with Gasteiger partial charge >= 0.3 is 0 Å². The van der Waals surface area contributed by atoms with Gasteiger partial charge in [-0.05, 0) is 12.1 Å². The summed E-state index contributed by atoms with van der Waals surface area (Å²) < 4.78 is 26.1. The SMILES string of the molecule is Nc1nc(Nc2ccc(F)c(F)c2)sc1C(=O)c1ccccc1. The third kappa shape index (κ3) is 3.19. The van der Waals surface area contributed by atoms with E-state index in [2.05, 4.69) is 10.3 Å². The predicted molar refractivity (Wildman–Crippen MR) is 86.0 cm³/mol. The first kappa shape index (κ1) is 15.1. The lowest BCUT2D eigenvalue weighted by molar-refractivity contribution is 0.104. The van der Waals surface area contributed by atoms with Crippen LogP contribution in [0.1, 0.15) is 15.2 Å². The highest BCUT2D eigenvalue weighted by molar-refractivity contribution is 7.18. The Balaban J connectivity index is 1.86. The maximum Gasteiger partial charge on any atom is 0.206 e. The Kier molecular flexibility index (Phi) is 4.03. The molecule has 0 saturated heterocycles. The standard InChI is InChI=1S/C16H11F2N3OS/c17-11-7-6-10(8-12(11)18)20-16-21-15(19)14(23-16)13(22)9-4-2-1-3-5-9/h1-8H,19H2,(H,20,21). The van der Waals surface area contributed by atoms with E-state index in [1.54, 1.807) is 24.3 Å². The number of nitrogens with zero attached hydrogens (tertiary/aromatic N) is 1. The maximum absolute atomic E-state index is 13.2. The molecule has 0 amide bonds. The van der Waals surface area contributed by atoms with Crippen molar-refractivity contribution in [3.8, 4) is 0 Å². The van der Waals surface area contributed by atoms with Crippen LogP contribution in [-0.4, -0.2) is 10.8 Å². The first-order chi connectivity index (χ1) is 11.0. The minimum atomic E-state index is -0.972. The zero-order chi connectivity index (χ0) is 16.4. The van der Waals surface area contributed by atoms with Gasteiger partial charge in [0, 0.05) is 17.3 Å². The van der Waals surface area contributed by atoms with Crippen LogP contribution in [0.5, 0.6) is 0 Å². The average molecular weight is 331 g/mol. The van der Waals surface area contributed by atoms with E-state index in [1.807, 2.05) is 6.07 Å². The van der Waals surface area contributed by atoms with E-state index in [9.17, 15) is 13.6 Å². The lowest BCUT2D eigenvalue weighted by Gasteiger charge is -2.02. The zero-order valence-corrected chi connectivity index (χ0v) is 12.5. The third-order valence-corrected chi connectivity index (χ3v) is 4.05. The molecule has 7 heteroatoms. The molecule has 3 N–H and O–H groups in total. The molecule has 23 heavy (non-hydrogen) atoms. The van der Waals surface area contributed by atoms with Gasteiger partial charge in [0.15, 0.2) is 16.8 Å². The molecule has 0 atom stereocenters. The van der Waals surface area contributed by atoms with Crippen LogP contribution in [-0.2, 0) is 0 Å². The molecule has 0 spiro atoms. The molecule has 3 aromatic rings. The Morgan fingerprint density at radius 2 is 1.83 bits per heavy atom. The molecule has 1 aromatic heterocycles. The highest BCUT2D eigenvalue weighted by atomic mass is 32.1. The fourth-order valence-electron chi connectivity index (χ4n) is 1.97. The van der Waals surface area contributed by atoms with Gasteiger partial charge in [-0.15, -0.1) is 0 Å². The minimum absolute atomic E-state index is 0.0916. The molecule has 0 radical (unpaired) electrons. The predicted octanol–water partition coefficient (Wildman–Crippen LogP) is 3.98. The van der Waals surface area contributed by atoms with E-state index >= 15 is 0 Å². The molecule has 0 unspecified atom stereocenters. The Morgan fingerprint density at radius 1 is 1.09 bits per heavy atom. The normalized spacial score (nSPS) is 10.5. The van der Waals surface area contributed by atoms with Gasteiger partial charge in [-0.25, -0.2) is 13.8 Å². The summed E-state index contributed by atoms with van der Waals surface area (Å²) in [6.45, 7) is 0. The molecule has 2 aromatic carbocycles. The van der Waals surface area contributed by atoms with Crippen LogP contribution < -0.4 is 11.1 Å². The first-order valence-electron chi connectivity index (χ1n) is 6.62. The van der Waals surface area contributed by atoms with E-state index in [0.717, 1.165) is 23.5 Å². The van der Waals surface area contributed by atoms with Gasteiger partial charge in [-0.3, -0.25) is 4.79 Å². The summed E-state index contributed by atoms with van der Waals surface area (Å²) >= 11 is 1.05. The van der Waals surface area contributed by atoms with Gasteiger partial charge in [0.05, 0.1) is 0 Å². The number of rotatable bonds is 4. The number of hydrogen-bond donors (Lipinski definition) is 2. The first-order valence-corrected chi connectivity index (χ1v) is 7.44. The quantitative estimate of drug-likeness (QED) is 0.710. The third-order valence-electron chi connectivity index (χ3n) is 3.07. The van der Waals surface area contributed by atoms with Gasteiger partial charge in [0.25, 0.3) is 0 Å². The molecule has 1 heterocycles. The van der Waals surface area contributed by atoms with Crippen LogP contribution >= 0.6 is 11.3 Å². The summed E-state index contributed by atoms with van der Waals surface area (Å²) in [6, 6.07) is 12.1. The highest BCUT2D eigenvalue weighted by Gasteiger charge is 2.18.